The van der Waals surface area contributed by atoms with E-state index >= 15 is 0 Å². The molecule has 0 N–H and O–H groups in total. The molecule has 1 aliphatic rings. The van der Waals surface area contributed by atoms with Gasteiger partial charge >= 0.3 is 0 Å². The highest BCUT2D eigenvalue weighted by Crippen LogP contribution is 2.16. The van der Waals surface area contributed by atoms with E-state index in [2.05, 4.69) is 24.6 Å². The second-order valence-electron chi connectivity index (χ2n) is 3.54. The molecule has 1 atom stereocenters. The standard InChI is InChI=1S/C11H17N/c1-10-5-3-4-8-12-9-11(2)7-6-10/h4,8-10H,2-3,5-7H2,1H3/b8-4-,12-9?. The van der Waals surface area contributed by atoms with Crippen LogP contribution in [0.3, 0.4) is 0 Å². The fourth-order valence-corrected chi connectivity index (χ4v) is 1.31. The van der Waals surface area contributed by atoms with E-state index in [1.54, 1.807) is 0 Å². The summed E-state index contributed by atoms with van der Waals surface area (Å²) in [7, 11) is 0. The van der Waals surface area contributed by atoms with Crippen LogP contribution in [-0.2, 0) is 0 Å². The fraction of sp³-hybridized carbons (Fsp3) is 0.545. The normalized spacial score (nSPS) is 28.4. The van der Waals surface area contributed by atoms with Crippen molar-refractivity contribution in [1.82, 2.24) is 0 Å². The zero-order valence-electron chi connectivity index (χ0n) is 7.79. The first-order valence-corrected chi connectivity index (χ1v) is 4.65. The quantitative estimate of drug-likeness (QED) is 0.519. The van der Waals surface area contributed by atoms with Crippen LogP contribution < -0.4 is 0 Å². The molecule has 1 heteroatoms. The smallest absolute Gasteiger partial charge is 0.0293 e. The lowest BCUT2D eigenvalue weighted by molar-refractivity contribution is 0.499. The Hall–Kier alpha value is -0.850. The summed E-state index contributed by atoms with van der Waals surface area (Å²) >= 11 is 0. The average Bonchev–Trinajstić information content (AvgIpc) is 2.07. The summed E-state index contributed by atoms with van der Waals surface area (Å²) in [6, 6.07) is 0. The second kappa shape index (κ2) is 4.91. The Bertz CT molecular complexity index is 201. The Labute approximate surface area is 74.9 Å². The van der Waals surface area contributed by atoms with Crippen LogP contribution in [0.5, 0.6) is 0 Å². The van der Waals surface area contributed by atoms with Crippen molar-refractivity contribution in [3.05, 3.63) is 24.4 Å². The van der Waals surface area contributed by atoms with Crippen LogP contribution in [0.1, 0.15) is 32.6 Å². The summed E-state index contributed by atoms with van der Waals surface area (Å²) in [5.41, 5.74) is 1.15. The van der Waals surface area contributed by atoms with E-state index < -0.39 is 0 Å². The predicted molar refractivity (Wildman–Crippen MR) is 54.4 cm³/mol. The summed E-state index contributed by atoms with van der Waals surface area (Å²) < 4.78 is 0. The third-order valence-corrected chi connectivity index (χ3v) is 2.23. The van der Waals surface area contributed by atoms with Crippen LogP contribution in [0.2, 0.25) is 0 Å². The van der Waals surface area contributed by atoms with Crippen molar-refractivity contribution in [1.29, 1.82) is 0 Å². The number of nitrogens with zero attached hydrogens (tertiary/aromatic N) is 1. The molecule has 1 aliphatic heterocycles. The van der Waals surface area contributed by atoms with E-state index in [0.717, 1.165) is 24.3 Å². The molecule has 0 aliphatic carbocycles. The average molecular weight is 163 g/mol. The molecule has 66 valence electrons. The summed E-state index contributed by atoms with van der Waals surface area (Å²) in [4.78, 5) is 4.13. The largest absolute Gasteiger partial charge is 0.265 e. The van der Waals surface area contributed by atoms with Crippen LogP contribution in [-0.4, -0.2) is 6.21 Å². The Morgan fingerprint density at radius 2 is 2.33 bits per heavy atom. The van der Waals surface area contributed by atoms with E-state index in [1.807, 2.05) is 12.4 Å². The van der Waals surface area contributed by atoms with Crippen molar-refractivity contribution in [2.75, 3.05) is 0 Å². The monoisotopic (exact) mass is 163 g/mol. The van der Waals surface area contributed by atoms with Crippen LogP contribution in [0.25, 0.3) is 0 Å². The molecular weight excluding hydrogens is 146 g/mol. The van der Waals surface area contributed by atoms with Gasteiger partial charge in [-0.1, -0.05) is 19.6 Å². The van der Waals surface area contributed by atoms with Gasteiger partial charge in [0, 0.05) is 12.4 Å². The molecule has 1 rings (SSSR count). The second-order valence-corrected chi connectivity index (χ2v) is 3.54. The lowest BCUT2D eigenvalue weighted by Gasteiger charge is -2.09. The third kappa shape index (κ3) is 3.51. The first kappa shape index (κ1) is 9.24. The van der Waals surface area contributed by atoms with Gasteiger partial charge < -0.3 is 0 Å². The van der Waals surface area contributed by atoms with Crippen molar-refractivity contribution in [2.45, 2.75) is 32.6 Å². The molecule has 0 aromatic heterocycles. The van der Waals surface area contributed by atoms with Gasteiger partial charge in [0.2, 0.25) is 0 Å². The van der Waals surface area contributed by atoms with Gasteiger partial charge in [-0.2, -0.15) is 0 Å². The van der Waals surface area contributed by atoms with Gasteiger partial charge in [0.05, 0.1) is 0 Å². The molecule has 0 radical (unpaired) electrons. The maximum Gasteiger partial charge on any atom is 0.0293 e. The molecule has 0 aromatic carbocycles. The highest BCUT2D eigenvalue weighted by atomic mass is 14.7. The Morgan fingerprint density at radius 3 is 3.17 bits per heavy atom. The van der Waals surface area contributed by atoms with E-state index in [-0.39, 0.29) is 0 Å². The van der Waals surface area contributed by atoms with Gasteiger partial charge in [-0.15, -0.1) is 0 Å². The number of hydrogen-bond acceptors (Lipinski definition) is 1. The molecule has 0 saturated heterocycles. The first-order chi connectivity index (χ1) is 5.79. The minimum absolute atomic E-state index is 0.817. The molecule has 0 saturated carbocycles. The third-order valence-electron chi connectivity index (χ3n) is 2.23. The van der Waals surface area contributed by atoms with Crippen LogP contribution in [0.4, 0.5) is 0 Å². The molecule has 0 aromatic rings. The maximum atomic E-state index is 4.13. The van der Waals surface area contributed by atoms with Gasteiger partial charge in [-0.05, 0) is 37.2 Å². The van der Waals surface area contributed by atoms with Crippen molar-refractivity contribution in [3.8, 4) is 0 Å². The first-order valence-electron chi connectivity index (χ1n) is 4.65. The number of rotatable bonds is 0. The number of allylic oxidation sites excluding steroid dienone is 2. The van der Waals surface area contributed by atoms with Crippen LogP contribution in [0, 0.1) is 5.92 Å². The van der Waals surface area contributed by atoms with Gasteiger partial charge in [-0.25, -0.2) is 0 Å². The van der Waals surface area contributed by atoms with E-state index in [9.17, 15) is 0 Å². The zero-order valence-corrected chi connectivity index (χ0v) is 7.79. The van der Waals surface area contributed by atoms with Crippen molar-refractivity contribution < 1.29 is 0 Å². The van der Waals surface area contributed by atoms with Crippen molar-refractivity contribution in [3.63, 3.8) is 0 Å². The topological polar surface area (TPSA) is 12.4 Å². The molecular formula is C11H17N. The molecule has 1 heterocycles. The minimum Gasteiger partial charge on any atom is -0.265 e. The Morgan fingerprint density at radius 1 is 1.50 bits per heavy atom. The predicted octanol–water partition coefficient (Wildman–Crippen LogP) is 3.34. The molecule has 1 unspecified atom stereocenters. The maximum absolute atomic E-state index is 4.13. The molecule has 0 fully saturated rings. The highest BCUT2D eigenvalue weighted by molar-refractivity contribution is 5.77. The molecule has 1 nitrogen and oxygen atoms in total. The molecule has 12 heavy (non-hydrogen) atoms. The summed E-state index contributed by atoms with van der Waals surface area (Å²) in [6.07, 6.45) is 10.7. The molecule has 0 amide bonds. The Balaban J connectivity index is 2.51. The van der Waals surface area contributed by atoms with E-state index in [0.29, 0.717) is 0 Å². The fourth-order valence-electron chi connectivity index (χ4n) is 1.31. The van der Waals surface area contributed by atoms with Crippen LogP contribution in [0.15, 0.2) is 29.4 Å². The SMILES string of the molecule is C=C1C=N/C=C\CCC(C)CC1. The lowest BCUT2D eigenvalue weighted by Crippen LogP contribution is -1.96. The summed E-state index contributed by atoms with van der Waals surface area (Å²) in [5, 5.41) is 0. The molecule has 0 bridgehead atoms. The van der Waals surface area contributed by atoms with Crippen molar-refractivity contribution >= 4 is 6.21 Å². The van der Waals surface area contributed by atoms with Gasteiger partial charge in [0.15, 0.2) is 0 Å². The zero-order chi connectivity index (χ0) is 8.81. The highest BCUT2D eigenvalue weighted by Gasteiger charge is 2.02. The van der Waals surface area contributed by atoms with Gasteiger partial charge in [0.25, 0.3) is 0 Å². The Kier molecular flexibility index (Phi) is 3.78. The van der Waals surface area contributed by atoms with Crippen molar-refractivity contribution in [2.24, 2.45) is 10.9 Å². The van der Waals surface area contributed by atoms with E-state index in [4.69, 9.17) is 0 Å². The number of aliphatic imine (C=N–C) groups is 1. The summed E-state index contributed by atoms with van der Waals surface area (Å²) in [5.74, 6) is 0.817. The lowest BCUT2D eigenvalue weighted by atomic mass is 9.97. The van der Waals surface area contributed by atoms with Gasteiger partial charge in [-0.3, -0.25) is 4.99 Å². The summed E-state index contributed by atoms with van der Waals surface area (Å²) in [6.45, 7) is 6.24. The minimum atomic E-state index is 0.817. The van der Waals surface area contributed by atoms with Crippen LogP contribution >= 0.6 is 0 Å². The van der Waals surface area contributed by atoms with Gasteiger partial charge in [0.1, 0.15) is 0 Å². The molecule has 0 spiro atoms. The van der Waals surface area contributed by atoms with E-state index in [1.165, 1.54) is 12.8 Å². The number of hydrogen-bond donors (Lipinski definition) is 0.